The number of sulfonamides is 2. The number of carbonyl (C=O) groups is 5. The van der Waals surface area contributed by atoms with E-state index in [-0.39, 0.29) is 50.9 Å². The van der Waals surface area contributed by atoms with Crippen LogP contribution in [0.3, 0.4) is 0 Å². The van der Waals surface area contributed by atoms with Gasteiger partial charge in [-0.1, -0.05) is 141 Å². The molecule has 3 N–H and O–H groups in total. The molecule has 8 rings (SSSR count). The van der Waals surface area contributed by atoms with Crippen molar-refractivity contribution >= 4 is 49.8 Å². The summed E-state index contributed by atoms with van der Waals surface area (Å²) in [6, 6.07) is 39.0. The van der Waals surface area contributed by atoms with Crippen molar-refractivity contribution in [2.75, 3.05) is 25.7 Å². The number of Topliss-reactive ketones (excluding diaryl/α,β-unsaturated/α-hetero) is 1. The third-order valence-corrected chi connectivity index (χ3v) is 14.1. The first-order chi connectivity index (χ1) is 32.9. The minimum atomic E-state index is -3.97. The Hall–Kier alpha value is -6.89. The van der Waals surface area contributed by atoms with Crippen LogP contribution in [0.15, 0.2) is 127 Å². The van der Waals surface area contributed by atoms with Gasteiger partial charge in [0.2, 0.25) is 31.9 Å². The van der Waals surface area contributed by atoms with Crippen molar-refractivity contribution in [3.05, 3.63) is 155 Å². The number of benzene rings is 5. The number of fused-ring (bicyclic) bond motifs is 6. The van der Waals surface area contributed by atoms with Crippen LogP contribution in [0, 0.1) is 0 Å². The summed E-state index contributed by atoms with van der Waals surface area (Å²) < 4.78 is 67.6. The molecule has 362 valence electrons. The minimum Gasteiger partial charge on any atom is -0.449 e. The van der Waals surface area contributed by atoms with Crippen molar-refractivity contribution < 1.29 is 55.0 Å². The highest BCUT2D eigenvalue weighted by Gasteiger charge is 2.58. The Bertz CT molecular complexity index is 2880. The Morgan fingerprint density at radius 2 is 1.12 bits per heavy atom. The average Bonchev–Trinajstić information content (AvgIpc) is 3.93. The summed E-state index contributed by atoms with van der Waals surface area (Å²) in [5, 5.41) is 5.14. The predicted molar refractivity (Wildman–Crippen MR) is 257 cm³/mol. The Labute approximate surface area is 401 Å². The first-order valence-corrected chi connectivity index (χ1v) is 26.2. The lowest BCUT2D eigenvalue weighted by Crippen LogP contribution is -2.59. The number of ether oxygens (including phenoxy) is 3. The molecule has 1 fully saturated rings. The van der Waals surface area contributed by atoms with Crippen molar-refractivity contribution in [3.8, 4) is 22.3 Å². The van der Waals surface area contributed by atoms with Gasteiger partial charge < -0.3 is 24.8 Å². The van der Waals surface area contributed by atoms with Gasteiger partial charge in [-0.2, -0.15) is 0 Å². The molecule has 69 heavy (non-hydrogen) atoms. The van der Waals surface area contributed by atoms with Crippen LogP contribution in [0.5, 0.6) is 0 Å². The van der Waals surface area contributed by atoms with Crippen LogP contribution < -0.4 is 15.4 Å². The number of hydrogen-bond donors (Lipinski definition) is 3. The van der Waals surface area contributed by atoms with E-state index < -0.39 is 74.1 Å². The largest absolute Gasteiger partial charge is 0.449 e. The van der Waals surface area contributed by atoms with Crippen molar-refractivity contribution in [1.29, 1.82) is 0 Å². The maximum Gasteiger partial charge on any atom is 0.407 e. The molecule has 0 radical (unpaired) electrons. The summed E-state index contributed by atoms with van der Waals surface area (Å²) in [4.78, 5) is 62.4. The molecular formula is C51H54N4O12S2. The number of amides is 4. The first kappa shape index (κ1) is 50.0. The maximum absolute atomic E-state index is 13.1. The summed E-state index contributed by atoms with van der Waals surface area (Å²) in [6.45, 7) is 3.54. The Balaban J connectivity index is 0.000000208. The molecule has 4 amide bonds. The van der Waals surface area contributed by atoms with Gasteiger partial charge in [0.25, 0.3) is 0 Å². The van der Waals surface area contributed by atoms with Gasteiger partial charge >= 0.3 is 12.2 Å². The predicted octanol–water partition coefficient (Wildman–Crippen LogP) is 6.75. The van der Waals surface area contributed by atoms with E-state index in [0.29, 0.717) is 0 Å². The van der Waals surface area contributed by atoms with E-state index in [0.717, 1.165) is 66.9 Å². The highest BCUT2D eigenvalue weighted by Crippen LogP contribution is 2.46. The highest BCUT2D eigenvalue weighted by atomic mass is 32.2. The quantitative estimate of drug-likeness (QED) is 0.0935. The van der Waals surface area contributed by atoms with Crippen molar-refractivity contribution in [3.63, 3.8) is 0 Å². The molecule has 1 heterocycles. The normalized spacial score (nSPS) is 17.5. The number of rotatable bonds is 16. The van der Waals surface area contributed by atoms with Gasteiger partial charge in [0, 0.05) is 18.3 Å². The van der Waals surface area contributed by atoms with Gasteiger partial charge in [-0.15, -0.1) is 0 Å². The lowest BCUT2D eigenvalue weighted by molar-refractivity contribution is -0.149. The van der Waals surface area contributed by atoms with Crippen LogP contribution in [0.4, 0.5) is 9.59 Å². The molecule has 0 spiro atoms. The van der Waals surface area contributed by atoms with Gasteiger partial charge in [0.15, 0.2) is 11.5 Å². The van der Waals surface area contributed by atoms with E-state index in [1.165, 1.54) is 0 Å². The van der Waals surface area contributed by atoms with Crippen LogP contribution in [0.25, 0.3) is 22.3 Å². The molecule has 16 nitrogen and oxygen atoms in total. The summed E-state index contributed by atoms with van der Waals surface area (Å²) in [5.74, 6) is -2.19. The van der Waals surface area contributed by atoms with E-state index >= 15 is 0 Å². The molecule has 2 aliphatic carbocycles. The zero-order valence-electron chi connectivity index (χ0n) is 38.5. The number of carbonyl (C=O) groups excluding carboxylic acids is 5. The van der Waals surface area contributed by atoms with E-state index in [1.54, 1.807) is 18.6 Å². The Morgan fingerprint density at radius 3 is 1.55 bits per heavy atom. The number of nitrogens with zero attached hydrogens (tertiary/aromatic N) is 1. The number of ketones is 1. The monoisotopic (exact) mass is 978 g/mol. The Morgan fingerprint density at radius 1 is 0.667 bits per heavy atom. The first-order valence-electron chi connectivity index (χ1n) is 22.4. The lowest BCUT2D eigenvalue weighted by atomic mass is 9.98. The molecule has 3 atom stereocenters. The molecule has 0 bridgehead atoms. The second-order valence-corrected chi connectivity index (χ2v) is 20.5. The van der Waals surface area contributed by atoms with Crippen molar-refractivity contribution in [2.45, 2.75) is 75.8 Å². The second-order valence-electron chi connectivity index (χ2n) is 17.0. The van der Waals surface area contributed by atoms with Gasteiger partial charge in [0.05, 0.1) is 44.0 Å². The highest BCUT2D eigenvalue weighted by molar-refractivity contribution is 7.89. The minimum absolute atomic E-state index is 0.0580. The van der Waals surface area contributed by atoms with Crippen molar-refractivity contribution in [2.24, 2.45) is 0 Å². The fourth-order valence-electron chi connectivity index (χ4n) is 9.32. The fourth-order valence-corrected chi connectivity index (χ4v) is 11.1. The summed E-state index contributed by atoms with van der Waals surface area (Å²) >= 11 is 0. The van der Waals surface area contributed by atoms with Crippen LogP contribution in [-0.2, 0) is 55.2 Å². The fraction of sp³-hybridized carbons (Fsp3) is 0.314. The maximum atomic E-state index is 13.1. The van der Waals surface area contributed by atoms with Gasteiger partial charge in [-0.3, -0.25) is 19.1 Å². The molecule has 5 aromatic rings. The molecular weight excluding hydrogens is 925 g/mol. The number of hydrogen-bond acceptors (Lipinski definition) is 12. The van der Waals surface area contributed by atoms with Crippen LogP contribution in [0.2, 0.25) is 0 Å². The van der Waals surface area contributed by atoms with E-state index in [2.05, 4.69) is 22.8 Å². The topological polar surface area (TPSA) is 221 Å². The van der Waals surface area contributed by atoms with Crippen LogP contribution >= 0.6 is 0 Å². The van der Waals surface area contributed by atoms with Crippen LogP contribution in [0.1, 0.15) is 79.2 Å². The molecule has 3 aliphatic rings. The van der Waals surface area contributed by atoms with Gasteiger partial charge in [-0.05, 0) is 56.5 Å². The number of nitrogens with one attached hydrogen (secondary N) is 3. The van der Waals surface area contributed by atoms with Gasteiger partial charge in [-0.25, -0.2) is 30.7 Å². The smallest absolute Gasteiger partial charge is 0.407 e. The van der Waals surface area contributed by atoms with Crippen molar-refractivity contribution in [1.82, 2.24) is 19.7 Å². The van der Waals surface area contributed by atoms with E-state index in [9.17, 15) is 40.8 Å². The van der Waals surface area contributed by atoms with Gasteiger partial charge in [0.1, 0.15) is 13.2 Å². The van der Waals surface area contributed by atoms with Crippen LogP contribution in [-0.4, -0.2) is 94.5 Å². The summed E-state index contributed by atoms with van der Waals surface area (Å²) in [6.07, 6.45) is -0.281. The Kier molecular flexibility index (Phi) is 15.3. The van der Waals surface area contributed by atoms with E-state index in [4.69, 9.17) is 14.2 Å². The second kappa shape index (κ2) is 21.2. The summed E-state index contributed by atoms with van der Waals surface area (Å²) in [7, 11) is -7.73. The molecule has 1 unspecified atom stereocenters. The lowest BCUT2D eigenvalue weighted by Gasteiger charge is -2.39. The third kappa shape index (κ3) is 11.4. The standard InChI is InChI=1S/C29H30N2O6S.C22H24N2O6S/c1-3-29(37-18-20-11-5-4-6-12-20)26(17-27(32)31(29)38(2,34)35)30-28(33)36-19-25-23-15-9-7-13-21(23)22-14-8-10-16-24(22)25;1-3-20(25)19(12-21(26)24-31(2,28)29)23-22(27)30-13-18-16-10-6-4-8-14(16)15-9-5-7-11-17(15)18/h4-16,25-26H,3,17-19H2,1-2H3,(H,30,33);4-11,18-19H,3,12-13H2,1-2H3,(H,23,27)(H,24,26)/t26-,29?;19-/m10/s1. The molecule has 0 aromatic heterocycles. The molecule has 5 aromatic carbocycles. The SMILES string of the molecule is CCC(=O)[C@H](CC(=O)NS(C)(=O)=O)NC(=O)OCC1c2ccccc2-c2ccccc21.CCC1(OCc2ccccc2)[C@H](NC(=O)OCC2c3ccccc3-c3ccccc32)CC(=O)N1S(C)(=O)=O. The third-order valence-electron chi connectivity index (χ3n) is 12.4. The molecule has 0 saturated carbocycles. The summed E-state index contributed by atoms with van der Waals surface area (Å²) in [5.41, 5.74) is 7.88. The molecule has 18 heteroatoms. The van der Waals surface area contributed by atoms with E-state index in [1.807, 2.05) is 115 Å². The number of alkyl carbamates (subject to hydrolysis) is 2. The zero-order valence-corrected chi connectivity index (χ0v) is 40.2. The average molecular weight is 979 g/mol. The molecule has 1 aliphatic heterocycles. The molecule has 1 saturated heterocycles. The zero-order chi connectivity index (χ0) is 49.5.